The van der Waals surface area contributed by atoms with Crippen LogP contribution in [0.2, 0.25) is 0 Å². The number of aromatic nitrogens is 1. The van der Waals surface area contributed by atoms with E-state index < -0.39 is 0 Å². The first kappa shape index (κ1) is 11.0. The molecule has 1 unspecified atom stereocenters. The number of nitrogens with two attached hydrogens (primary N) is 1. The highest BCUT2D eigenvalue weighted by Gasteiger charge is 2.22. The summed E-state index contributed by atoms with van der Waals surface area (Å²) < 4.78 is 5.10. The lowest BCUT2D eigenvalue weighted by molar-refractivity contribution is 0.325. The Bertz CT molecular complexity index is 304. The number of rotatable bonds is 2. The van der Waals surface area contributed by atoms with Crippen LogP contribution >= 0.6 is 0 Å². The molecule has 1 aromatic heterocycles. The molecule has 0 bridgehead atoms. The molecule has 1 aromatic rings. The summed E-state index contributed by atoms with van der Waals surface area (Å²) in [6.07, 6.45) is 3.47. The van der Waals surface area contributed by atoms with Gasteiger partial charge < -0.3 is 10.5 Å². The van der Waals surface area contributed by atoms with Crippen LogP contribution in [-0.2, 0) is 0 Å². The predicted molar refractivity (Wildman–Crippen MR) is 57.2 cm³/mol. The Balaban J connectivity index is 2.95. The summed E-state index contributed by atoms with van der Waals surface area (Å²) in [6, 6.07) is 1.91. The van der Waals surface area contributed by atoms with E-state index in [4.69, 9.17) is 10.5 Å². The van der Waals surface area contributed by atoms with E-state index in [0.29, 0.717) is 0 Å². The Labute approximate surface area is 85.3 Å². The van der Waals surface area contributed by atoms with E-state index in [2.05, 4.69) is 25.8 Å². The van der Waals surface area contributed by atoms with Gasteiger partial charge in [-0.3, -0.25) is 4.98 Å². The van der Waals surface area contributed by atoms with E-state index in [1.54, 1.807) is 19.5 Å². The third kappa shape index (κ3) is 2.45. The van der Waals surface area contributed by atoms with E-state index in [1.807, 2.05) is 6.07 Å². The van der Waals surface area contributed by atoms with Crippen LogP contribution in [0.15, 0.2) is 18.5 Å². The molecular weight excluding hydrogens is 176 g/mol. The minimum absolute atomic E-state index is 0.0231. The molecule has 3 heteroatoms. The van der Waals surface area contributed by atoms with Gasteiger partial charge in [-0.15, -0.1) is 0 Å². The fourth-order valence-electron chi connectivity index (χ4n) is 1.22. The first-order valence-electron chi connectivity index (χ1n) is 4.69. The predicted octanol–water partition coefficient (Wildman–Crippen LogP) is 2.14. The highest BCUT2D eigenvalue weighted by molar-refractivity contribution is 5.26. The summed E-state index contributed by atoms with van der Waals surface area (Å²) in [5.74, 6) is 0.752. The summed E-state index contributed by atoms with van der Waals surface area (Å²) in [7, 11) is 1.63. The highest BCUT2D eigenvalue weighted by atomic mass is 16.5. The molecule has 1 atom stereocenters. The molecule has 0 saturated carbocycles. The standard InChI is InChI=1S/C11H18N2O/c1-11(2,3)10(12)8-5-9(14-4)7-13-6-8/h5-7,10H,12H2,1-4H3. The molecular formula is C11H18N2O. The van der Waals surface area contributed by atoms with Crippen LogP contribution in [0.5, 0.6) is 5.75 Å². The molecule has 0 aliphatic rings. The van der Waals surface area contributed by atoms with Crippen LogP contribution < -0.4 is 10.5 Å². The zero-order chi connectivity index (χ0) is 10.8. The van der Waals surface area contributed by atoms with Crippen LogP contribution in [0.4, 0.5) is 0 Å². The van der Waals surface area contributed by atoms with Crippen molar-refractivity contribution in [3.05, 3.63) is 24.0 Å². The van der Waals surface area contributed by atoms with E-state index >= 15 is 0 Å². The monoisotopic (exact) mass is 194 g/mol. The Hall–Kier alpha value is -1.09. The quantitative estimate of drug-likeness (QED) is 0.784. The fourth-order valence-corrected chi connectivity index (χ4v) is 1.22. The molecule has 0 radical (unpaired) electrons. The summed E-state index contributed by atoms with van der Waals surface area (Å²) in [5.41, 5.74) is 7.15. The molecule has 1 heterocycles. The topological polar surface area (TPSA) is 48.1 Å². The number of pyridine rings is 1. The van der Waals surface area contributed by atoms with Crippen LogP contribution in [-0.4, -0.2) is 12.1 Å². The third-order valence-corrected chi connectivity index (χ3v) is 2.26. The molecule has 0 fully saturated rings. The van der Waals surface area contributed by atoms with Gasteiger partial charge in [0.2, 0.25) is 0 Å². The zero-order valence-corrected chi connectivity index (χ0v) is 9.24. The lowest BCUT2D eigenvalue weighted by atomic mass is 9.84. The van der Waals surface area contributed by atoms with Gasteiger partial charge in [-0.25, -0.2) is 0 Å². The van der Waals surface area contributed by atoms with Crippen molar-refractivity contribution in [2.45, 2.75) is 26.8 Å². The van der Waals surface area contributed by atoms with Gasteiger partial charge in [-0.2, -0.15) is 0 Å². The van der Waals surface area contributed by atoms with Gasteiger partial charge in [0.15, 0.2) is 0 Å². The van der Waals surface area contributed by atoms with Gasteiger partial charge in [-0.05, 0) is 17.0 Å². The lowest BCUT2D eigenvalue weighted by Gasteiger charge is -2.27. The average Bonchev–Trinajstić information content (AvgIpc) is 2.15. The molecule has 0 amide bonds. The highest BCUT2D eigenvalue weighted by Crippen LogP contribution is 2.31. The van der Waals surface area contributed by atoms with Crippen molar-refractivity contribution in [3.63, 3.8) is 0 Å². The minimum atomic E-state index is -0.0231. The van der Waals surface area contributed by atoms with Gasteiger partial charge in [0, 0.05) is 12.2 Å². The SMILES string of the molecule is COc1cncc(C(N)C(C)(C)C)c1. The van der Waals surface area contributed by atoms with Crippen molar-refractivity contribution < 1.29 is 4.74 Å². The molecule has 0 aliphatic carbocycles. The number of nitrogens with zero attached hydrogens (tertiary/aromatic N) is 1. The Morgan fingerprint density at radius 1 is 1.36 bits per heavy atom. The third-order valence-electron chi connectivity index (χ3n) is 2.26. The van der Waals surface area contributed by atoms with Gasteiger partial charge in [0.1, 0.15) is 5.75 Å². The maximum atomic E-state index is 6.10. The van der Waals surface area contributed by atoms with Crippen LogP contribution in [0.3, 0.4) is 0 Å². The van der Waals surface area contributed by atoms with Crippen molar-refractivity contribution in [3.8, 4) is 5.75 Å². The summed E-state index contributed by atoms with van der Waals surface area (Å²) in [6.45, 7) is 6.32. The minimum Gasteiger partial charge on any atom is -0.495 e. The Morgan fingerprint density at radius 2 is 2.00 bits per heavy atom. The first-order valence-corrected chi connectivity index (χ1v) is 4.69. The van der Waals surface area contributed by atoms with Crippen molar-refractivity contribution in [2.75, 3.05) is 7.11 Å². The zero-order valence-electron chi connectivity index (χ0n) is 9.24. The number of ether oxygens (including phenoxy) is 1. The lowest BCUT2D eigenvalue weighted by Crippen LogP contribution is -2.26. The van der Waals surface area contributed by atoms with Gasteiger partial charge in [-0.1, -0.05) is 20.8 Å². The van der Waals surface area contributed by atoms with Crippen LogP contribution in [0.25, 0.3) is 0 Å². The molecule has 1 rings (SSSR count). The molecule has 0 spiro atoms. The maximum Gasteiger partial charge on any atom is 0.137 e. The summed E-state index contributed by atoms with van der Waals surface area (Å²) in [5, 5.41) is 0. The molecule has 0 aromatic carbocycles. The second kappa shape index (κ2) is 3.96. The van der Waals surface area contributed by atoms with Crippen molar-refractivity contribution >= 4 is 0 Å². The van der Waals surface area contributed by atoms with Crippen LogP contribution in [0.1, 0.15) is 32.4 Å². The second-order valence-electron chi connectivity index (χ2n) is 4.50. The van der Waals surface area contributed by atoms with Gasteiger partial charge in [0.25, 0.3) is 0 Å². The van der Waals surface area contributed by atoms with E-state index in [9.17, 15) is 0 Å². The van der Waals surface area contributed by atoms with Crippen molar-refractivity contribution in [1.82, 2.24) is 4.98 Å². The summed E-state index contributed by atoms with van der Waals surface area (Å²) in [4.78, 5) is 4.09. The molecule has 3 nitrogen and oxygen atoms in total. The Morgan fingerprint density at radius 3 is 2.50 bits per heavy atom. The molecule has 0 aliphatic heterocycles. The number of hydrogen-bond donors (Lipinski definition) is 1. The molecule has 2 N–H and O–H groups in total. The van der Waals surface area contributed by atoms with Crippen molar-refractivity contribution in [2.24, 2.45) is 11.1 Å². The summed E-state index contributed by atoms with van der Waals surface area (Å²) >= 11 is 0. The van der Waals surface area contributed by atoms with Crippen molar-refractivity contribution in [1.29, 1.82) is 0 Å². The fraction of sp³-hybridized carbons (Fsp3) is 0.545. The second-order valence-corrected chi connectivity index (χ2v) is 4.50. The van der Waals surface area contributed by atoms with E-state index in [-0.39, 0.29) is 11.5 Å². The van der Waals surface area contributed by atoms with Gasteiger partial charge in [0.05, 0.1) is 13.3 Å². The Kier molecular flexibility index (Phi) is 3.11. The first-order chi connectivity index (χ1) is 6.45. The van der Waals surface area contributed by atoms with Gasteiger partial charge >= 0.3 is 0 Å². The number of methoxy groups -OCH3 is 1. The maximum absolute atomic E-state index is 6.10. The average molecular weight is 194 g/mol. The largest absolute Gasteiger partial charge is 0.495 e. The molecule has 0 saturated heterocycles. The normalized spacial score (nSPS) is 13.8. The van der Waals surface area contributed by atoms with Crippen LogP contribution in [0, 0.1) is 5.41 Å². The smallest absolute Gasteiger partial charge is 0.137 e. The van der Waals surface area contributed by atoms with E-state index in [0.717, 1.165) is 11.3 Å². The molecule has 78 valence electrons. The number of hydrogen-bond acceptors (Lipinski definition) is 3. The molecule has 14 heavy (non-hydrogen) atoms. The van der Waals surface area contributed by atoms with E-state index in [1.165, 1.54) is 0 Å².